The summed E-state index contributed by atoms with van der Waals surface area (Å²) in [5, 5.41) is 3.28. The van der Waals surface area contributed by atoms with Gasteiger partial charge in [-0.15, -0.1) is 11.3 Å². The van der Waals surface area contributed by atoms with E-state index in [4.69, 9.17) is 4.74 Å². The molecule has 1 heterocycles. The van der Waals surface area contributed by atoms with Gasteiger partial charge in [-0.25, -0.2) is 17.9 Å². The number of carbonyl (C=O) groups excluding carboxylic acids is 2. The molecule has 1 aliphatic rings. The number of rotatable bonds is 9. The molecule has 0 radical (unpaired) electrons. The van der Waals surface area contributed by atoms with Gasteiger partial charge in [0.15, 0.2) is 0 Å². The second-order valence-corrected chi connectivity index (χ2v) is 10.2. The van der Waals surface area contributed by atoms with E-state index < -0.39 is 21.9 Å². The minimum Gasteiger partial charge on any atom is -0.462 e. The van der Waals surface area contributed by atoms with Crippen LogP contribution < -0.4 is 10.0 Å². The SMILES string of the molecule is CCCCNS(=O)(=O)c1cccc(C(=O)Nc2sc3c(c2C(=O)OCC)CCCC3)c1. The van der Waals surface area contributed by atoms with Gasteiger partial charge in [0.05, 0.1) is 17.1 Å². The van der Waals surface area contributed by atoms with Gasteiger partial charge in [-0.05, 0) is 62.8 Å². The third-order valence-electron chi connectivity index (χ3n) is 5.11. The van der Waals surface area contributed by atoms with Crippen LogP contribution in [0.25, 0.3) is 0 Å². The number of hydrogen-bond acceptors (Lipinski definition) is 6. The van der Waals surface area contributed by atoms with Crippen molar-refractivity contribution in [1.29, 1.82) is 0 Å². The molecule has 0 unspecified atom stereocenters. The molecule has 7 nitrogen and oxygen atoms in total. The number of hydrogen-bond donors (Lipinski definition) is 2. The van der Waals surface area contributed by atoms with Crippen molar-refractivity contribution in [2.75, 3.05) is 18.5 Å². The summed E-state index contributed by atoms with van der Waals surface area (Å²) in [4.78, 5) is 26.6. The summed E-state index contributed by atoms with van der Waals surface area (Å²) in [7, 11) is -3.69. The summed E-state index contributed by atoms with van der Waals surface area (Å²) in [6.45, 7) is 4.32. The van der Waals surface area contributed by atoms with Gasteiger partial charge in [-0.2, -0.15) is 0 Å². The number of esters is 1. The van der Waals surface area contributed by atoms with Crippen LogP contribution in [0.5, 0.6) is 0 Å². The van der Waals surface area contributed by atoms with Gasteiger partial charge in [0, 0.05) is 17.0 Å². The lowest BCUT2D eigenvalue weighted by molar-refractivity contribution is 0.0526. The molecular formula is C22H28N2O5S2. The first kappa shape index (κ1) is 23.4. The Hall–Kier alpha value is -2.23. The maximum Gasteiger partial charge on any atom is 0.341 e. The van der Waals surface area contributed by atoms with Crippen LogP contribution >= 0.6 is 11.3 Å². The van der Waals surface area contributed by atoms with Crippen LogP contribution in [0.2, 0.25) is 0 Å². The normalized spacial score (nSPS) is 13.5. The highest BCUT2D eigenvalue weighted by atomic mass is 32.2. The van der Waals surface area contributed by atoms with E-state index in [9.17, 15) is 18.0 Å². The molecule has 3 rings (SSSR count). The number of nitrogens with one attached hydrogen (secondary N) is 2. The molecule has 1 amide bonds. The quantitative estimate of drug-likeness (QED) is 0.429. The van der Waals surface area contributed by atoms with Crippen LogP contribution in [-0.2, 0) is 27.6 Å². The maximum atomic E-state index is 12.9. The van der Waals surface area contributed by atoms with E-state index in [0.717, 1.165) is 49.0 Å². The summed E-state index contributed by atoms with van der Waals surface area (Å²) in [6.07, 6.45) is 5.31. The van der Waals surface area contributed by atoms with Crippen molar-refractivity contribution < 1.29 is 22.7 Å². The molecule has 2 aromatic rings. The smallest absolute Gasteiger partial charge is 0.341 e. The Morgan fingerprint density at radius 1 is 1.16 bits per heavy atom. The maximum absolute atomic E-state index is 12.9. The largest absolute Gasteiger partial charge is 0.462 e. The zero-order chi connectivity index (χ0) is 22.4. The molecule has 0 spiro atoms. The summed E-state index contributed by atoms with van der Waals surface area (Å²) in [5.74, 6) is -0.900. The van der Waals surface area contributed by atoms with E-state index in [1.165, 1.54) is 29.5 Å². The van der Waals surface area contributed by atoms with Crippen LogP contribution in [0.1, 0.15) is 70.7 Å². The number of benzene rings is 1. The summed E-state index contributed by atoms with van der Waals surface area (Å²) >= 11 is 1.40. The predicted octanol–water partition coefficient (Wildman–Crippen LogP) is 4.13. The molecule has 0 bridgehead atoms. The van der Waals surface area contributed by atoms with Crippen LogP contribution in [0.15, 0.2) is 29.2 Å². The standard InChI is InChI=1S/C22H28N2O5S2/c1-3-5-13-23-31(27,28)16-10-8-9-15(14-16)20(25)24-21-19(22(26)29-4-2)17-11-6-7-12-18(17)30-21/h8-10,14,23H,3-7,11-13H2,1-2H3,(H,24,25). The first-order valence-electron chi connectivity index (χ1n) is 10.6. The first-order chi connectivity index (χ1) is 14.9. The Labute approximate surface area is 187 Å². The van der Waals surface area contributed by atoms with Gasteiger partial charge in [0.2, 0.25) is 10.0 Å². The average molecular weight is 465 g/mol. The fourth-order valence-corrected chi connectivity index (χ4v) is 5.91. The molecule has 2 N–H and O–H groups in total. The van der Waals surface area contributed by atoms with Crippen molar-refractivity contribution in [3.63, 3.8) is 0 Å². The molecular weight excluding hydrogens is 436 g/mol. The van der Waals surface area contributed by atoms with E-state index in [0.29, 0.717) is 17.1 Å². The van der Waals surface area contributed by atoms with Gasteiger partial charge < -0.3 is 10.1 Å². The molecule has 1 aromatic carbocycles. The van der Waals surface area contributed by atoms with Gasteiger partial charge in [-0.3, -0.25) is 4.79 Å². The first-order valence-corrected chi connectivity index (χ1v) is 12.9. The molecule has 9 heteroatoms. The number of amides is 1. The predicted molar refractivity (Wildman–Crippen MR) is 121 cm³/mol. The van der Waals surface area contributed by atoms with Crippen molar-refractivity contribution in [1.82, 2.24) is 4.72 Å². The monoisotopic (exact) mass is 464 g/mol. The van der Waals surface area contributed by atoms with Crippen LogP contribution in [-0.4, -0.2) is 33.4 Å². The fraction of sp³-hybridized carbons (Fsp3) is 0.455. The van der Waals surface area contributed by atoms with Crippen molar-refractivity contribution in [3.05, 3.63) is 45.8 Å². The Bertz CT molecular complexity index is 1060. The number of sulfonamides is 1. The van der Waals surface area contributed by atoms with Gasteiger partial charge in [0.25, 0.3) is 5.91 Å². The minimum atomic E-state index is -3.69. The number of carbonyl (C=O) groups is 2. The van der Waals surface area contributed by atoms with Gasteiger partial charge >= 0.3 is 5.97 Å². The Morgan fingerprint density at radius 2 is 1.94 bits per heavy atom. The lowest BCUT2D eigenvalue weighted by Gasteiger charge is -2.12. The number of anilines is 1. The van der Waals surface area contributed by atoms with E-state index in [1.807, 2.05) is 6.92 Å². The minimum absolute atomic E-state index is 0.0346. The lowest BCUT2D eigenvalue weighted by Crippen LogP contribution is -2.25. The number of ether oxygens (including phenoxy) is 1. The van der Waals surface area contributed by atoms with Crippen LogP contribution in [0, 0.1) is 0 Å². The molecule has 1 aromatic heterocycles. The summed E-state index contributed by atoms with van der Waals surface area (Å²) in [5.41, 5.74) is 1.60. The summed E-state index contributed by atoms with van der Waals surface area (Å²) in [6, 6.07) is 5.90. The lowest BCUT2D eigenvalue weighted by atomic mass is 9.95. The summed E-state index contributed by atoms with van der Waals surface area (Å²) < 4.78 is 32.7. The molecule has 0 aliphatic heterocycles. The van der Waals surface area contributed by atoms with Crippen molar-refractivity contribution in [3.8, 4) is 0 Å². The van der Waals surface area contributed by atoms with Crippen molar-refractivity contribution in [2.45, 2.75) is 57.3 Å². The third kappa shape index (κ3) is 5.53. The van der Waals surface area contributed by atoms with E-state index in [1.54, 1.807) is 13.0 Å². The molecule has 0 fully saturated rings. The number of unbranched alkanes of at least 4 members (excludes halogenated alkanes) is 1. The van der Waals surface area contributed by atoms with Gasteiger partial charge in [0.1, 0.15) is 5.00 Å². The van der Waals surface area contributed by atoms with Crippen molar-refractivity contribution in [2.24, 2.45) is 0 Å². The van der Waals surface area contributed by atoms with Gasteiger partial charge in [-0.1, -0.05) is 19.4 Å². The molecule has 31 heavy (non-hydrogen) atoms. The highest BCUT2D eigenvalue weighted by molar-refractivity contribution is 7.89. The number of fused-ring (bicyclic) bond motifs is 1. The molecule has 0 atom stereocenters. The molecule has 0 saturated carbocycles. The Kier molecular flexibility index (Phi) is 7.85. The van der Waals surface area contributed by atoms with Crippen molar-refractivity contribution >= 4 is 38.2 Å². The van der Waals surface area contributed by atoms with E-state index >= 15 is 0 Å². The van der Waals surface area contributed by atoms with Crippen LogP contribution in [0.3, 0.4) is 0 Å². The average Bonchev–Trinajstić information content (AvgIpc) is 3.12. The topological polar surface area (TPSA) is 102 Å². The molecule has 168 valence electrons. The van der Waals surface area contributed by atoms with E-state index in [2.05, 4.69) is 10.0 Å². The second-order valence-electron chi connectivity index (χ2n) is 7.37. The zero-order valence-corrected chi connectivity index (χ0v) is 19.5. The molecule has 1 aliphatic carbocycles. The highest BCUT2D eigenvalue weighted by Crippen LogP contribution is 2.38. The number of thiophene rings is 1. The fourth-order valence-electron chi connectivity index (χ4n) is 3.52. The third-order valence-corrected chi connectivity index (χ3v) is 7.77. The number of aryl methyl sites for hydroxylation is 1. The Balaban J connectivity index is 1.85. The second kappa shape index (κ2) is 10.4. The van der Waals surface area contributed by atoms with E-state index in [-0.39, 0.29) is 17.1 Å². The van der Waals surface area contributed by atoms with Crippen LogP contribution in [0.4, 0.5) is 5.00 Å². The Morgan fingerprint density at radius 3 is 2.68 bits per heavy atom. The highest BCUT2D eigenvalue weighted by Gasteiger charge is 2.27. The zero-order valence-electron chi connectivity index (χ0n) is 17.8. The molecule has 0 saturated heterocycles.